The van der Waals surface area contributed by atoms with Gasteiger partial charge in [0.05, 0.1) is 12.2 Å². The van der Waals surface area contributed by atoms with Crippen LogP contribution in [0.15, 0.2) is 28.9 Å². The van der Waals surface area contributed by atoms with Crippen LogP contribution in [0.25, 0.3) is 0 Å². The van der Waals surface area contributed by atoms with Crippen LogP contribution in [0.5, 0.6) is 5.75 Å². The number of hydrogen-bond donors (Lipinski definition) is 2. The molecule has 1 aliphatic rings. The second-order valence-electron chi connectivity index (χ2n) is 5.12. The van der Waals surface area contributed by atoms with E-state index in [9.17, 15) is 9.59 Å². The predicted octanol–water partition coefficient (Wildman–Crippen LogP) is 1.13. The molecule has 8 heteroatoms. The van der Waals surface area contributed by atoms with Gasteiger partial charge in [0.15, 0.2) is 11.8 Å². The number of aromatic nitrogens is 1. The van der Waals surface area contributed by atoms with Gasteiger partial charge in [0, 0.05) is 12.7 Å². The van der Waals surface area contributed by atoms with Gasteiger partial charge in [0.2, 0.25) is 5.89 Å². The third kappa shape index (κ3) is 2.76. The molecule has 1 unspecified atom stereocenters. The minimum Gasteiger partial charge on any atom is -0.479 e. The Balaban J connectivity index is 1.82. The largest absolute Gasteiger partial charge is 0.479 e. The summed E-state index contributed by atoms with van der Waals surface area (Å²) in [6.45, 7) is 1.81. The van der Waals surface area contributed by atoms with E-state index in [1.54, 1.807) is 32.2 Å². The quantitative estimate of drug-likeness (QED) is 0.878. The maximum absolute atomic E-state index is 12.1. The fraction of sp³-hybridized carbons (Fsp3) is 0.267. The molecule has 3 N–H and O–H groups in total. The standard InChI is InChI=1S/C15H16N4O4/c1-8-15(21)19(2)11-5-9(3-4-12(11)23-8)17-14(20)10-7-22-13(6-16)18-10/h3-5,7-8H,6,16H2,1-2H3,(H,17,20). The van der Waals surface area contributed by atoms with Crippen LogP contribution in [0.3, 0.4) is 0 Å². The molecular formula is C15H16N4O4. The van der Waals surface area contributed by atoms with Crippen LogP contribution in [0, 0.1) is 0 Å². The highest BCUT2D eigenvalue weighted by atomic mass is 16.5. The summed E-state index contributed by atoms with van der Waals surface area (Å²) in [7, 11) is 1.66. The van der Waals surface area contributed by atoms with Gasteiger partial charge in [0.25, 0.3) is 11.8 Å². The van der Waals surface area contributed by atoms with E-state index in [2.05, 4.69) is 10.3 Å². The van der Waals surface area contributed by atoms with E-state index in [0.29, 0.717) is 17.1 Å². The molecule has 8 nitrogen and oxygen atoms in total. The molecule has 0 fully saturated rings. The van der Waals surface area contributed by atoms with Crippen molar-refractivity contribution < 1.29 is 18.7 Å². The van der Waals surface area contributed by atoms with Gasteiger partial charge in [-0.2, -0.15) is 0 Å². The molecule has 1 atom stereocenters. The average Bonchev–Trinajstić information content (AvgIpc) is 3.03. The van der Waals surface area contributed by atoms with E-state index in [0.717, 1.165) is 0 Å². The Kier molecular flexibility index (Phi) is 3.75. The van der Waals surface area contributed by atoms with Crippen LogP contribution in [0.2, 0.25) is 0 Å². The highest BCUT2D eigenvalue weighted by Crippen LogP contribution is 2.35. The molecule has 2 aromatic rings. The summed E-state index contributed by atoms with van der Waals surface area (Å²) in [5.41, 5.74) is 6.64. The van der Waals surface area contributed by atoms with Crippen molar-refractivity contribution in [3.8, 4) is 5.75 Å². The Morgan fingerprint density at radius 1 is 1.48 bits per heavy atom. The first-order valence-corrected chi connectivity index (χ1v) is 7.03. The zero-order valence-corrected chi connectivity index (χ0v) is 12.7. The number of benzene rings is 1. The van der Waals surface area contributed by atoms with Crippen LogP contribution >= 0.6 is 0 Å². The molecule has 1 aliphatic heterocycles. The zero-order chi connectivity index (χ0) is 16.6. The third-order valence-electron chi connectivity index (χ3n) is 3.52. The number of nitrogens with zero attached hydrogens (tertiary/aromatic N) is 2. The Bertz CT molecular complexity index is 771. The monoisotopic (exact) mass is 316 g/mol. The lowest BCUT2D eigenvalue weighted by molar-refractivity contribution is -0.125. The second-order valence-corrected chi connectivity index (χ2v) is 5.12. The maximum atomic E-state index is 12.1. The molecule has 120 valence electrons. The predicted molar refractivity (Wildman–Crippen MR) is 82.3 cm³/mol. The molecule has 23 heavy (non-hydrogen) atoms. The molecule has 1 aromatic carbocycles. The molecule has 3 rings (SSSR count). The first-order chi connectivity index (χ1) is 11.0. The van der Waals surface area contributed by atoms with Gasteiger partial charge in [0.1, 0.15) is 12.0 Å². The van der Waals surface area contributed by atoms with Crippen LogP contribution in [0.1, 0.15) is 23.3 Å². The average molecular weight is 316 g/mol. The van der Waals surface area contributed by atoms with Crippen molar-refractivity contribution in [1.82, 2.24) is 4.98 Å². The molecule has 0 radical (unpaired) electrons. The minimum absolute atomic E-state index is 0.120. The number of anilines is 2. The normalized spacial score (nSPS) is 16.7. The third-order valence-corrected chi connectivity index (χ3v) is 3.52. The molecule has 2 heterocycles. The summed E-state index contributed by atoms with van der Waals surface area (Å²) in [5, 5.41) is 2.70. The lowest BCUT2D eigenvalue weighted by Gasteiger charge is -2.30. The Morgan fingerprint density at radius 2 is 2.26 bits per heavy atom. The van der Waals surface area contributed by atoms with Crippen molar-refractivity contribution in [2.75, 3.05) is 17.3 Å². The van der Waals surface area contributed by atoms with Gasteiger partial charge in [-0.1, -0.05) is 0 Å². The lowest BCUT2D eigenvalue weighted by atomic mass is 10.2. The number of ether oxygens (including phenoxy) is 1. The van der Waals surface area contributed by atoms with E-state index < -0.39 is 12.0 Å². The number of fused-ring (bicyclic) bond motifs is 1. The summed E-state index contributed by atoms with van der Waals surface area (Å²) < 4.78 is 10.6. The van der Waals surface area contributed by atoms with Crippen LogP contribution < -0.4 is 20.7 Å². The van der Waals surface area contributed by atoms with Crippen LogP contribution in [0.4, 0.5) is 11.4 Å². The molecule has 2 amide bonds. The first-order valence-electron chi connectivity index (χ1n) is 7.03. The second kappa shape index (κ2) is 5.73. The Labute approximate surface area is 132 Å². The van der Waals surface area contributed by atoms with E-state index in [4.69, 9.17) is 14.9 Å². The first kappa shape index (κ1) is 15.0. The van der Waals surface area contributed by atoms with Gasteiger partial charge >= 0.3 is 0 Å². The number of hydrogen-bond acceptors (Lipinski definition) is 6. The molecule has 1 aromatic heterocycles. The summed E-state index contributed by atoms with van der Waals surface area (Å²) >= 11 is 0. The van der Waals surface area contributed by atoms with Crippen LogP contribution in [-0.2, 0) is 11.3 Å². The molecule has 0 bridgehead atoms. The van der Waals surface area contributed by atoms with Gasteiger partial charge < -0.3 is 25.1 Å². The lowest BCUT2D eigenvalue weighted by Crippen LogP contribution is -2.41. The van der Waals surface area contributed by atoms with E-state index >= 15 is 0 Å². The summed E-state index contributed by atoms with van der Waals surface area (Å²) in [6, 6.07) is 5.07. The van der Waals surface area contributed by atoms with Crippen molar-refractivity contribution in [2.45, 2.75) is 19.6 Å². The van der Waals surface area contributed by atoms with E-state index in [1.807, 2.05) is 0 Å². The fourth-order valence-corrected chi connectivity index (χ4v) is 2.29. The number of rotatable bonds is 3. The highest BCUT2D eigenvalue weighted by molar-refractivity contribution is 6.04. The zero-order valence-electron chi connectivity index (χ0n) is 12.7. The number of carbonyl (C=O) groups excluding carboxylic acids is 2. The molecule has 0 aliphatic carbocycles. The van der Waals surface area contributed by atoms with Gasteiger partial charge in [-0.25, -0.2) is 4.98 Å². The van der Waals surface area contributed by atoms with E-state index in [-0.39, 0.29) is 24.0 Å². The van der Waals surface area contributed by atoms with Crippen molar-refractivity contribution in [2.24, 2.45) is 5.73 Å². The number of nitrogens with two attached hydrogens (primary N) is 1. The number of oxazole rings is 1. The number of amides is 2. The smallest absolute Gasteiger partial charge is 0.277 e. The van der Waals surface area contributed by atoms with Crippen LogP contribution in [-0.4, -0.2) is 29.9 Å². The molecular weight excluding hydrogens is 300 g/mol. The van der Waals surface area contributed by atoms with E-state index in [1.165, 1.54) is 11.2 Å². The number of nitrogens with one attached hydrogen (secondary N) is 1. The van der Waals surface area contributed by atoms with Crippen molar-refractivity contribution in [3.63, 3.8) is 0 Å². The topological polar surface area (TPSA) is 111 Å². The van der Waals surface area contributed by atoms with Gasteiger partial charge in [-0.05, 0) is 25.1 Å². The maximum Gasteiger partial charge on any atom is 0.277 e. The van der Waals surface area contributed by atoms with Gasteiger partial charge in [-0.3, -0.25) is 9.59 Å². The number of carbonyl (C=O) groups is 2. The van der Waals surface area contributed by atoms with Gasteiger partial charge in [-0.15, -0.1) is 0 Å². The minimum atomic E-state index is -0.530. The van der Waals surface area contributed by atoms with Crippen molar-refractivity contribution >= 4 is 23.2 Å². The van der Waals surface area contributed by atoms with Crippen molar-refractivity contribution in [3.05, 3.63) is 36.0 Å². The summed E-state index contributed by atoms with van der Waals surface area (Å²) in [6.07, 6.45) is 0.717. The molecule has 0 saturated heterocycles. The summed E-state index contributed by atoms with van der Waals surface area (Å²) in [4.78, 5) is 29.5. The Hall–Kier alpha value is -2.87. The highest BCUT2D eigenvalue weighted by Gasteiger charge is 2.29. The SMILES string of the molecule is CC1Oc2ccc(NC(=O)c3coc(CN)n3)cc2N(C)C1=O. The molecule has 0 saturated carbocycles. The fourth-order valence-electron chi connectivity index (χ4n) is 2.29. The number of likely N-dealkylation sites (N-methyl/N-ethyl adjacent to an activating group) is 1. The summed E-state index contributed by atoms with van der Waals surface area (Å²) in [5.74, 6) is 0.301. The molecule has 0 spiro atoms. The van der Waals surface area contributed by atoms with Crippen molar-refractivity contribution in [1.29, 1.82) is 0 Å². The Morgan fingerprint density at radius 3 is 2.96 bits per heavy atom.